The molecular weight excluding hydrogens is 234 g/mol. The van der Waals surface area contributed by atoms with Gasteiger partial charge in [-0.15, -0.1) is 0 Å². The third kappa shape index (κ3) is 2.39. The van der Waals surface area contributed by atoms with E-state index in [1.165, 1.54) is 7.05 Å². The van der Waals surface area contributed by atoms with Crippen LogP contribution in [0.2, 0.25) is 0 Å². The molecule has 1 amide bonds. The number of carbonyl (C=O) groups is 1. The summed E-state index contributed by atoms with van der Waals surface area (Å²) in [7, 11) is 1.48. The van der Waals surface area contributed by atoms with E-state index in [0.29, 0.717) is 12.2 Å². The van der Waals surface area contributed by atoms with E-state index in [2.05, 4.69) is 0 Å². The van der Waals surface area contributed by atoms with E-state index in [-0.39, 0.29) is 12.7 Å². The largest absolute Gasteiger partial charge is 0.454 e. The van der Waals surface area contributed by atoms with Gasteiger partial charge in [0.2, 0.25) is 6.79 Å². The van der Waals surface area contributed by atoms with Crippen LogP contribution in [0.1, 0.15) is 11.1 Å². The molecule has 0 fully saturated rings. The standard InChI is InChI=1S/C12H17N3O3/c1-7-3-10-11(18-6-17-10)5-8(7)4-9(13)12(16)15(2)14/h3,5,9H,4,6,13-14H2,1-2H3. The molecule has 6 heteroatoms. The number of hydrogen-bond donors (Lipinski definition) is 2. The zero-order valence-corrected chi connectivity index (χ0v) is 10.5. The van der Waals surface area contributed by atoms with Crippen molar-refractivity contribution in [1.29, 1.82) is 0 Å². The van der Waals surface area contributed by atoms with Crippen molar-refractivity contribution in [2.45, 2.75) is 19.4 Å². The van der Waals surface area contributed by atoms with Gasteiger partial charge in [-0.05, 0) is 36.6 Å². The molecule has 0 spiro atoms. The maximum Gasteiger partial charge on any atom is 0.253 e. The minimum Gasteiger partial charge on any atom is -0.454 e. The van der Waals surface area contributed by atoms with Crippen molar-refractivity contribution in [3.05, 3.63) is 23.3 Å². The van der Waals surface area contributed by atoms with Crippen LogP contribution in [0.4, 0.5) is 0 Å². The number of rotatable bonds is 3. The number of nitrogens with two attached hydrogens (primary N) is 2. The molecule has 0 bridgehead atoms. The second kappa shape index (κ2) is 4.83. The van der Waals surface area contributed by atoms with Gasteiger partial charge in [0, 0.05) is 7.05 Å². The maximum atomic E-state index is 11.6. The van der Waals surface area contributed by atoms with Gasteiger partial charge in [0.05, 0.1) is 6.04 Å². The van der Waals surface area contributed by atoms with Crippen LogP contribution in [0.15, 0.2) is 12.1 Å². The third-order valence-corrected chi connectivity index (χ3v) is 2.94. The molecule has 1 aromatic rings. The van der Waals surface area contributed by atoms with Crippen LogP contribution >= 0.6 is 0 Å². The van der Waals surface area contributed by atoms with Gasteiger partial charge in [0.1, 0.15) is 0 Å². The first-order valence-electron chi connectivity index (χ1n) is 5.66. The molecule has 0 aromatic heterocycles. The lowest BCUT2D eigenvalue weighted by molar-refractivity contribution is -0.131. The van der Waals surface area contributed by atoms with Gasteiger partial charge in [-0.1, -0.05) is 0 Å². The molecular formula is C12H17N3O3. The molecule has 6 nitrogen and oxygen atoms in total. The van der Waals surface area contributed by atoms with Crippen molar-refractivity contribution < 1.29 is 14.3 Å². The molecule has 0 saturated carbocycles. The van der Waals surface area contributed by atoms with E-state index >= 15 is 0 Å². The topological polar surface area (TPSA) is 90.8 Å². The number of carbonyl (C=O) groups excluding carboxylic acids is 1. The minimum absolute atomic E-state index is 0.231. The predicted octanol–water partition coefficient (Wildman–Crippen LogP) is -0.0744. The summed E-state index contributed by atoms with van der Waals surface area (Å²) in [6.07, 6.45) is 0.419. The summed E-state index contributed by atoms with van der Waals surface area (Å²) in [6, 6.07) is 3.10. The molecule has 0 radical (unpaired) electrons. The van der Waals surface area contributed by atoms with Gasteiger partial charge in [0.15, 0.2) is 11.5 Å². The Morgan fingerprint density at radius 3 is 2.67 bits per heavy atom. The summed E-state index contributed by atoms with van der Waals surface area (Å²) >= 11 is 0. The lowest BCUT2D eigenvalue weighted by atomic mass is 10.00. The van der Waals surface area contributed by atoms with Crippen LogP contribution in [-0.2, 0) is 11.2 Å². The lowest BCUT2D eigenvalue weighted by Gasteiger charge is -2.17. The highest BCUT2D eigenvalue weighted by molar-refractivity contribution is 5.81. The Morgan fingerprint density at radius 1 is 1.44 bits per heavy atom. The van der Waals surface area contributed by atoms with Crippen molar-refractivity contribution in [2.24, 2.45) is 11.6 Å². The number of aryl methyl sites for hydroxylation is 1. The summed E-state index contributed by atoms with van der Waals surface area (Å²) in [5, 5.41) is 1.01. The zero-order chi connectivity index (χ0) is 13.3. The maximum absolute atomic E-state index is 11.6. The normalized spacial score (nSPS) is 14.4. The summed E-state index contributed by atoms with van der Waals surface area (Å²) in [5.74, 6) is 6.50. The highest BCUT2D eigenvalue weighted by atomic mass is 16.7. The van der Waals surface area contributed by atoms with Crippen molar-refractivity contribution in [2.75, 3.05) is 13.8 Å². The fourth-order valence-corrected chi connectivity index (χ4v) is 1.89. The minimum atomic E-state index is -0.654. The van der Waals surface area contributed by atoms with Gasteiger partial charge >= 0.3 is 0 Å². The van der Waals surface area contributed by atoms with E-state index in [0.717, 1.165) is 21.9 Å². The lowest BCUT2D eigenvalue weighted by Crippen LogP contribution is -2.46. The second-order valence-corrected chi connectivity index (χ2v) is 4.39. The summed E-state index contributed by atoms with van der Waals surface area (Å²) < 4.78 is 10.6. The Bertz CT molecular complexity index is 474. The van der Waals surface area contributed by atoms with Gasteiger partial charge in [-0.3, -0.25) is 9.80 Å². The molecule has 2 rings (SSSR count). The monoisotopic (exact) mass is 251 g/mol. The molecule has 1 atom stereocenters. The highest BCUT2D eigenvalue weighted by Crippen LogP contribution is 2.34. The summed E-state index contributed by atoms with van der Waals surface area (Å²) in [5.41, 5.74) is 7.80. The SMILES string of the molecule is Cc1cc2c(cc1CC(N)C(=O)N(C)N)OCO2. The summed E-state index contributed by atoms with van der Waals surface area (Å²) in [6.45, 7) is 2.18. The quantitative estimate of drug-likeness (QED) is 0.445. The van der Waals surface area contributed by atoms with E-state index in [4.69, 9.17) is 21.1 Å². The number of likely N-dealkylation sites (N-methyl/N-ethyl adjacent to an activating group) is 1. The first-order chi connectivity index (χ1) is 8.49. The number of nitrogens with zero attached hydrogens (tertiary/aromatic N) is 1. The van der Waals surface area contributed by atoms with Crippen LogP contribution in [0.3, 0.4) is 0 Å². The average Bonchev–Trinajstić information content (AvgIpc) is 2.75. The van der Waals surface area contributed by atoms with Crippen molar-refractivity contribution in [3.63, 3.8) is 0 Å². The zero-order valence-electron chi connectivity index (χ0n) is 10.5. The Balaban J connectivity index is 2.17. The molecule has 0 saturated heterocycles. The van der Waals surface area contributed by atoms with Gasteiger partial charge in [-0.25, -0.2) is 5.84 Å². The van der Waals surface area contributed by atoms with Crippen LogP contribution in [0.25, 0.3) is 0 Å². The highest BCUT2D eigenvalue weighted by Gasteiger charge is 2.20. The van der Waals surface area contributed by atoms with E-state index in [1.54, 1.807) is 0 Å². The predicted molar refractivity (Wildman–Crippen MR) is 65.9 cm³/mol. The molecule has 0 aliphatic carbocycles. The van der Waals surface area contributed by atoms with Crippen LogP contribution in [0.5, 0.6) is 11.5 Å². The third-order valence-electron chi connectivity index (χ3n) is 2.94. The molecule has 1 aliphatic heterocycles. The number of benzene rings is 1. The Morgan fingerprint density at radius 2 is 2.06 bits per heavy atom. The smallest absolute Gasteiger partial charge is 0.253 e. The average molecular weight is 251 g/mol. The second-order valence-electron chi connectivity index (χ2n) is 4.39. The van der Waals surface area contributed by atoms with E-state index in [9.17, 15) is 4.79 Å². The number of amides is 1. The number of hydrogen-bond acceptors (Lipinski definition) is 5. The molecule has 98 valence electrons. The molecule has 1 aliphatic rings. The van der Waals surface area contributed by atoms with Gasteiger partial charge < -0.3 is 15.2 Å². The first kappa shape index (κ1) is 12.7. The fraction of sp³-hybridized carbons (Fsp3) is 0.417. The number of ether oxygens (including phenoxy) is 2. The van der Waals surface area contributed by atoms with Crippen molar-refractivity contribution in [3.8, 4) is 11.5 Å². The summed E-state index contributed by atoms with van der Waals surface area (Å²) in [4.78, 5) is 11.6. The number of fused-ring (bicyclic) bond motifs is 1. The van der Waals surface area contributed by atoms with E-state index < -0.39 is 6.04 Å². The number of hydrazine groups is 1. The first-order valence-corrected chi connectivity index (χ1v) is 5.66. The van der Waals surface area contributed by atoms with E-state index in [1.807, 2.05) is 19.1 Å². The molecule has 1 heterocycles. The molecule has 1 aromatic carbocycles. The Kier molecular flexibility index (Phi) is 3.40. The van der Waals surface area contributed by atoms with Crippen LogP contribution in [-0.4, -0.2) is 30.8 Å². The van der Waals surface area contributed by atoms with Crippen molar-refractivity contribution >= 4 is 5.91 Å². The van der Waals surface area contributed by atoms with Crippen molar-refractivity contribution in [1.82, 2.24) is 5.01 Å². The Labute approximate surface area is 105 Å². The molecule has 18 heavy (non-hydrogen) atoms. The fourth-order valence-electron chi connectivity index (χ4n) is 1.89. The molecule has 1 unspecified atom stereocenters. The van der Waals surface area contributed by atoms with Crippen LogP contribution < -0.4 is 21.1 Å². The molecule has 4 N–H and O–H groups in total. The Hall–Kier alpha value is -1.79. The van der Waals surface area contributed by atoms with Gasteiger partial charge in [-0.2, -0.15) is 0 Å². The van der Waals surface area contributed by atoms with Gasteiger partial charge in [0.25, 0.3) is 5.91 Å². The van der Waals surface area contributed by atoms with Crippen LogP contribution in [0, 0.1) is 6.92 Å².